The van der Waals surface area contributed by atoms with Gasteiger partial charge in [0.05, 0.1) is 33.1 Å². The van der Waals surface area contributed by atoms with E-state index < -0.39 is 0 Å². The van der Waals surface area contributed by atoms with Crippen LogP contribution >= 0.6 is 0 Å². The van der Waals surface area contributed by atoms with Gasteiger partial charge in [-0.2, -0.15) is 0 Å². The van der Waals surface area contributed by atoms with Gasteiger partial charge in [0.25, 0.3) is 5.91 Å². The van der Waals surface area contributed by atoms with Crippen LogP contribution in [0, 0.1) is 0 Å². The number of hydrogen-bond donors (Lipinski definition) is 1. The molecular formula is C18H24N4O4. The van der Waals surface area contributed by atoms with Gasteiger partial charge in [0.1, 0.15) is 0 Å². The first-order chi connectivity index (χ1) is 12.7. The Morgan fingerprint density at radius 3 is 3.00 bits per heavy atom. The van der Waals surface area contributed by atoms with Gasteiger partial charge in [-0.15, -0.1) is 5.10 Å². The quantitative estimate of drug-likeness (QED) is 0.767. The Balaban J connectivity index is 1.52. The summed E-state index contributed by atoms with van der Waals surface area (Å²) in [5, 5.41) is 10.8. The van der Waals surface area contributed by atoms with Gasteiger partial charge >= 0.3 is 0 Å². The summed E-state index contributed by atoms with van der Waals surface area (Å²) in [5.41, 5.74) is 1.27. The van der Waals surface area contributed by atoms with Crippen LogP contribution in [0.3, 0.4) is 0 Å². The van der Waals surface area contributed by atoms with E-state index in [4.69, 9.17) is 14.2 Å². The molecule has 0 aliphatic carbocycles. The predicted molar refractivity (Wildman–Crippen MR) is 94.6 cm³/mol. The van der Waals surface area contributed by atoms with Crippen molar-refractivity contribution in [2.75, 3.05) is 27.4 Å². The molecule has 0 unspecified atom stereocenters. The van der Waals surface area contributed by atoms with Gasteiger partial charge in [-0.25, -0.2) is 4.68 Å². The van der Waals surface area contributed by atoms with Crippen molar-refractivity contribution in [1.29, 1.82) is 0 Å². The number of aromatic nitrogens is 3. The minimum atomic E-state index is -0.245. The number of para-hydroxylation sites is 1. The van der Waals surface area contributed by atoms with E-state index in [1.807, 2.05) is 18.2 Å². The van der Waals surface area contributed by atoms with E-state index in [9.17, 15) is 4.79 Å². The Hall–Kier alpha value is -2.61. The van der Waals surface area contributed by atoms with Gasteiger partial charge in [-0.1, -0.05) is 17.3 Å². The number of nitrogens with zero attached hydrogens (tertiary/aromatic N) is 3. The molecule has 2 aromatic rings. The highest BCUT2D eigenvalue weighted by atomic mass is 16.5. The van der Waals surface area contributed by atoms with Crippen molar-refractivity contribution < 1.29 is 19.0 Å². The molecule has 0 saturated carbocycles. The number of amides is 1. The average molecular weight is 360 g/mol. The molecule has 1 aromatic heterocycles. The molecule has 1 amide bonds. The van der Waals surface area contributed by atoms with Crippen molar-refractivity contribution in [3.63, 3.8) is 0 Å². The zero-order valence-corrected chi connectivity index (χ0v) is 15.1. The minimum Gasteiger partial charge on any atom is -0.493 e. The zero-order valence-electron chi connectivity index (χ0n) is 15.1. The molecule has 1 N–H and O–H groups in total. The maximum absolute atomic E-state index is 12.2. The summed E-state index contributed by atoms with van der Waals surface area (Å²) in [6.45, 7) is 1.88. The van der Waals surface area contributed by atoms with E-state index >= 15 is 0 Å². The predicted octanol–water partition coefficient (Wildman–Crippen LogP) is 1.45. The van der Waals surface area contributed by atoms with E-state index in [0.717, 1.165) is 25.0 Å². The molecular weight excluding hydrogens is 336 g/mol. The van der Waals surface area contributed by atoms with Crippen LogP contribution in [0.25, 0.3) is 0 Å². The lowest BCUT2D eigenvalue weighted by Gasteiger charge is -2.12. The molecule has 1 atom stereocenters. The number of rotatable bonds is 8. The fraction of sp³-hybridized carbons (Fsp3) is 0.500. The van der Waals surface area contributed by atoms with Crippen LogP contribution in [0.2, 0.25) is 0 Å². The molecule has 1 aliphatic heterocycles. The molecule has 0 bridgehead atoms. The van der Waals surface area contributed by atoms with E-state index in [1.165, 1.54) is 0 Å². The average Bonchev–Trinajstić information content (AvgIpc) is 3.33. The summed E-state index contributed by atoms with van der Waals surface area (Å²) in [6, 6.07) is 5.69. The smallest absolute Gasteiger partial charge is 0.273 e. The van der Waals surface area contributed by atoms with Crippen LogP contribution in [-0.2, 0) is 17.7 Å². The number of methoxy groups -OCH3 is 2. The number of benzene rings is 1. The molecule has 1 fully saturated rings. The highest BCUT2D eigenvalue weighted by molar-refractivity contribution is 5.91. The fourth-order valence-corrected chi connectivity index (χ4v) is 3.04. The third-order valence-electron chi connectivity index (χ3n) is 4.35. The maximum atomic E-state index is 12.2. The van der Waals surface area contributed by atoms with Gasteiger partial charge in [0.2, 0.25) is 0 Å². The number of carbonyl (C=O) groups excluding carboxylic acids is 1. The van der Waals surface area contributed by atoms with E-state index in [1.54, 1.807) is 25.1 Å². The van der Waals surface area contributed by atoms with Crippen molar-refractivity contribution in [3.05, 3.63) is 35.7 Å². The number of carbonyl (C=O) groups is 1. The van der Waals surface area contributed by atoms with Gasteiger partial charge in [-0.05, 0) is 30.9 Å². The van der Waals surface area contributed by atoms with Crippen LogP contribution in [0.1, 0.15) is 28.9 Å². The lowest BCUT2D eigenvalue weighted by Crippen LogP contribution is -2.26. The molecule has 0 spiro atoms. The standard InChI is InChI=1S/C18H24N4O4/c1-24-16-7-3-5-13(17(16)25-2)8-9-19-18(23)15-12-22(21-20-15)11-14-6-4-10-26-14/h3,5,7,12,14H,4,6,8-11H2,1-2H3,(H,19,23)/t14-/m1/s1. The number of nitrogens with one attached hydrogen (secondary N) is 1. The summed E-state index contributed by atoms with van der Waals surface area (Å²) in [4.78, 5) is 12.2. The minimum absolute atomic E-state index is 0.160. The third kappa shape index (κ3) is 4.32. The molecule has 8 heteroatoms. The van der Waals surface area contributed by atoms with Crippen molar-refractivity contribution in [3.8, 4) is 11.5 Å². The summed E-state index contributed by atoms with van der Waals surface area (Å²) in [5.74, 6) is 1.12. The van der Waals surface area contributed by atoms with Crippen LogP contribution in [0.15, 0.2) is 24.4 Å². The van der Waals surface area contributed by atoms with Crippen molar-refractivity contribution in [2.24, 2.45) is 0 Å². The zero-order chi connectivity index (χ0) is 18.4. The first kappa shape index (κ1) is 18.2. The highest BCUT2D eigenvalue weighted by Crippen LogP contribution is 2.30. The Kier molecular flexibility index (Phi) is 6.06. The second-order valence-electron chi connectivity index (χ2n) is 6.12. The summed E-state index contributed by atoms with van der Waals surface area (Å²) < 4.78 is 17.9. The lowest BCUT2D eigenvalue weighted by molar-refractivity contribution is 0.0930. The van der Waals surface area contributed by atoms with Gasteiger partial charge in [0.15, 0.2) is 17.2 Å². The molecule has 140 valence electrons. The molecule has 8 nitrogen and oxygen atoms in total. The van der Waals surface area contributed by atoms with Crippen molar-refractivity contribution in [2.45, 2.75) is 31.9 Å². The third-order valence-corrected chi connectivity index (χ3v) is 4.35. The monoisotopic (exact) mass is 360 g/mol. The Labute approximate surface area is 152 Å². The Morgan fingerprint density at radius 1 is 1.38 bits per heavy atom. The molecule has 3 rings (SSSR count). The highest BCUT2D eigenvalue weighted by Gasteiger charge is 2.18. The lowest BCUT2D eigenvalue weighted by atomic mass is 10.1. The fourth-order valence-electron chi connectivity index (χ4n) is 3.04. The van der Waals surface area contributed by atoms with Gasteiger partial charge < -0.3 is 19.5 Å². The Morgan fingerprint density at radius 2 is 2.27 bits per heavy atom. The maximum Gasteiger partial charge on any atom is 0.273 e. The van der Waals surface area contributed by atoms with Gasteiger partial charge in [0, 0.05) is 13.2 Å². The molecule has 1 aliphatic rings. The van der Waals surface area contributed by atoms with Crippen LogP contribution in [-0.4, -0.2) is 54.4 Å². The number of ether oxygens (including phenoxy) is 3. The Bertz CT molecular complexity index is 741. The normalized spacial score (nSPS) is 16.5. The molecule has 1 saturated heterocycles. The SMILES string of the molecule is COc1cccc(CCNC(=O)c2cn(C[C@H]3CCCO3)nn2)c1OC. The molecule has 0 radical (unpaired) electrons. The van der Waals surface area contributed by atoms with Crippen LogP contribution in [0.4, 0.5) is 0 Å². The molecule has 26 heavy (non-hydrogen) atoms. The summed E-state index contributed by atoms with van der Waals surface area (Å²) in [6.07, 6.45) is 4.52. The summed E-state index contributed by atoms with van der Waals surface area (Å²) >= 11 is 0. The van der Waals surface area contributed by atoms with E-state index in [-0.39, 0.29) is 12.0 Å². The van der Waals surface area contributed by atoms with Crippen molar-refractivity contribution in [1.82, 2.24) is 20.3 Å². The van der Waals surface area contributed by atoms with Crippen LogP contribution < -0.4 is 14.8 Å². The first-order valence-electron chi connectivity index (χ1n) is 8.71. The largest absolute Gasteiger partial charge is 0.493 e. The molecule has 1 aromatic carbocycles. The van der Waals surface area contributed by atoms with E-state index in [0.29, 0.717) is 36.7 Å². The summed E-state index contributed by atoms with van der Waals surface area (Å²) in [7, 11) is 3.20. The second kappa shape index (κ2) is 8.66. The van der Waals surface area contributed by atoms with Crippen molar-refractivity contribution >= 4 is 5.91 Å². The second-order valence-corrected chi connectivity index (χ2v) is 6.12. The van der Waals surface area contributed by atoms with Gasteiger partial charge in [-0.3, -0.25) is 4.79 Å². The molecule has 2 heterocycles. The van der Waals surface area contributed by atoms with Crippen LogP contribution in [0.5, 0.6) is 11.5 Å². The topological polar surface area (TPSA) is 87.5 Å². The van der Waals surface area contributed by atoms with E-state index in [2.05, 4.69) is 15.6 Å². The first-order valence-corrected chi connectivity index (χ1v) is 8.71. The number of hydrogen-bond acceptors (Lipinski definition) is 6.